The molecule has 146 valence electrons. The van der Waals surface area contributed by atoms with Crippen LogP contribution in [-0.4, -0.2) is 30.8 Å². The third-order valence-corrected chi connectivity index (χ3v) is 4.35. The number of alkyl halides is 3. The molecule has 3 N–H and O–H groups in total. The summed E-state index contributed by atoms with van der Waals surface area (Å²) in [6.45, 7) is 0. The first-order chi connectivity index (χ1) is 13.4. The van der Waals surface area contributed by atoms with Gasteiger partial charge < -0.3 is 19.5 Å². The van der Waals surface area contributed by atoms with Gasteiger partial charge in [0.25, 0.3) is 0 Å². The Balaban J connectivity index is 1.73. The van der Waals surface area contributed by atoms with Gasteiger partial charge in [0.15, 0.2) is 17.2 Å². The highest BCUT2D eigenvalue weighted by atomic mass is 19.4. The first-order valence-corrected chi connectivity index (χ1v) is 8.26. The SMILES string of the molecule is COc1cc2cc3c(Nc4ccccc4OC(F)(F)F)[nH][nH]c-3c2cc1OC. The molecule has 0 unspecified atom stereocenters. The van der Waals surface area contributed by atoms with Crippen LogP contribution in [0.1, 0.15) is 0 Å². The molecule has 1 aliphatic heterocycles. The smallest absolute Gasteiger partial charge is 0.493 e. The zero-order valence-electron chi connectivity index (χ0n) is 14.9. The molecular weight excluding hydrogens is 375 g/mol. The Morgan fingerprint density at radius 3 is 2.32 bits per heavy atom. The number of nitrogens with one attached hydrogen (secondary N) is 3. The summed E-state index contributed by atoms with van der Waals surface area (Å²) in [5, 5.41) is 10.7. The van der Waals surface area contributed by atoms with Crippen molar-refractivity contribution in [2.75, 3.05) is 19.5 Å². The largest absolute Gasteiger partial charge is 0.573 e. The van der Waals surface area contributed by atoms with E-state index in [9.17, 15) is 13.2 Å². The summed E-state index contributed by atoms with van der Waals surface area (Å²) in [5.41, 5.74) is 1.73. The van der Waals surface area contributed by atoms with E-state index in [-0.39, 0.29) is 11.4 Å². The van der Waals surface area contributed by atoms with E-state index in [4.69, 9.17) is 9.47 Å². The van der Waals surface area contributed by atoms with E-state index in [1.807, 2.05) is 18.2 Å². The molecule has 1 aliphatic carbocycles. The summed E-state index contributed by atoms with van der Waals surface area (Å²) < 4.78 is 52.7. The number of ether oxygens (including phenoxy) is 3. The normalized spacial score (nSPS) is 11.8. The van der Waals surface area contributed by atoms with Crippen molar-refractivity contribution in [3.05, 3.63) is 42.5 Å². The van der Waals surface area contributed by atoms with Crippen molar-refractivity contribution in [2.24, 2.45) is 0 Å². The van der Waals surface area contributed by atoms with Crippen LogP contribution in [0.5, 0.6) is 17.2 Å². The number of fused-ring (bicyclic) bond motifs is 3. The van der Waals surface area contributed by atoms with Crippen molar-refractivity contribution < 1.29 is 27.4 Å². The lowest BCUT2D eigenvalue weighted by Gasteiger charge is -2.13. The highest BCUT2D eigenvalue weighted by Gasteiger charge is 2.32. The first kappa shape index (κ1) is 17.9. The molecule has 0 saturated carbocycles. The fourth-order valence-corrected chi connectivity index (χ4v) is 3.14. The molecule has 4 rings (SSSR count). The fraction of sp³-hybridized carbons (Fsp3) is 0.158. The van der Waals surface area contributed by atoms with Gasteiger partial charge in [-0.05, 0) is 35.7 Å². The number of para-hydroxylation sites is 2. The molecule has 0 atom stereocenters. The van der Waals surface area contributed by atoms with E-state index in [0.29, 0.717) is 17.3 Å². The van der Waals surface area contributed by atoms with Gasteiger partial charge in [-0.2, -0.15) is 0 Å². The third kappa shape index (κ3) is 3.15. The summed E-state index contributed by atoms with van der Waals surface area (Å²) in [6.07, 6.45) is -4.78. The molecule has 0 aromatic heterocycles. The van der Waals surface area contributed by atoms with Gasteiger partial charge in [-0.3, -0.25) is 10.2 Å². The average molecular weight is 391 g/mol. The standard InChI is InChI=1S/C19H16F3N3O3/c1-26-15-8-10-7-12-17(11(10)9-16(15)27-2)24-25-18(12)23-13-5-3-4-6-14(13)28-19(20,21)22/h3-9,23-25H,1-2H3. The van der Waals surface area contributed by atoms with Crippen LogP contribution in [0.4, 0.5) is 24.7 Å². The molecule has 2 aromatic rings. The van der Waals surface area contributed by atoms with Gasteiger partial charge in [-0.25, -0.2) is 0 Å². The van der Waals surface area contributed by atoms with Gasteiger partial charge in [-0.1, -0.05) is 12.1 Å². The number of aromatic nitrogens is 2. The Hall–Kier alpha value is -3.49. The number of H-pyrrole nitrogens is 2. The van der Waals surface area contributed by atoms with Gasteiger partial charge in [0.05, 0.1) is 25.6 Å². The van der Waals surface area contributed by atoms with Crippen LogP contribution in [0.2, 0.25) is 0 Å². The third-order valence-electron chi connectivity index (χ3n) is 4.35. The van der Waals surface area contributed by atoms with Crippen molar-refractivity contribution in [3.63, 3.8) is 0 Å². The molecule has 6 nitrogen and oxygen atoms in total. The maximum absolute atomic E-state index is 12.6. The number of halogens is 3. The first-order valence-electron chi connectivity index (χ1n) is 8.26. The maximum Gasteiger partial charge on any atom is 0.573 e. The zero-order valence-corrected chi connectivity index (χ0v) is 14.9. The molecular formula is C19H16F3N3O3. The number of hydrogen-bond donors (Lipinski definition) is 3. The van der Waals surface area contributed by atoms with E-state index < -0.39 is 6.36 Å². The van der Waals surface area contributed by atoms with Crippen LogP contribution in [-0.2, 0) is 0 Å². The molecule has 9 heteroatoms. The van der Waals surface area contributed by atoms with Crippen LogP contribution in [0.25, 0.3) is 22.0 Å². The van der Waals surface area contributed by atoms with E-state index >= 15 is 0 Å². The fourth-order valence-electron chi connectivity index (χ4n) is 3.14. The molecule has 0 radical (unpaired) electrons. The summed E-state index contributed by atoms with van der Waals surface area (Å²) in [5.74, 6) is 1.35. The number of benzene rings is 2. The molecule has 0 amide bonds. The molecule has 1 heterocycles. The number of anilines is 2. The minimum atomic E-state index is -4.78. The molecule has 2 aliphatic rings. The van der Waals surface area contributed by atoms with E-state index in [2.05, 4.69) is 20.3 Å². The molecule has 0 saturated heterocycles. The van der Waals surface area contributed by atoms with Gasteiger partial charge in [-0.15, -0.1) is 13.2 Å². The van der Waals surface area contributed by atoms with Crippen molar-refractivity contribution in [2.45, 2.75) is 6.36 Å². The quantitative estimate of drug-likeness (QED) is 0.434. The Labute approximate surface area is 157 Å². The molecule has 0 spiro atoms. The molecule has 0 fully saturated rings. The summed E-state index contributed by atoms with van der Waals surface area (Å²) in [6, 6.07) is 11.4. The predicted molar refractivity (Wildman–Crippen MR) is 98.8 cm³/mol. The van der Waals surface area contributed by atoms with E-state index in [1.165, 1.54) is 18.2 Å². The van der Waals surface area contributed by atoms with Crippen LogP contribution in [0, 0.1) is 0 Å². The Kier molecular flexibility index (Phi) is 4.21. The minimum absolute atomic E-state index is 0.178. The Morgan fingerprint density at radius 1 is 0.893 bits per heavy atom. The second-order valence-corrected chi connectivity index (χ2v) is 6.02. The lowest BCUT2D eigenvalue weighted by atomic mass is 10.2. The van der Waals surface area contributed by atoms with Gasteiger partial charge in [0, 0.05) is 10.9 Å². The lowest BCUT2D eigenvalue weighted by Crippen LogP contribution is -2.17. The number of hydrogen-bond acceptors (Lipinski definition) is 4. The van der Waals surface area contributed by atoms with Crippen molar-refractivity contribution >= 4 is 22.3 Å². The van der Waals surface area contributed by atoms with Gasteiger partial charge in [0.2, 0.25) is 0 Å². The predicted octanol–water partition coefficient (Wildman–Crippen LogP) is 5.26. The van der Waals surface area contributed by atoms with Crippen molar-refractivity contribution in [1.29, 1.82) is 0 Å². The van der Waals surface area contributed by atoms with Crippen LogP contribution in [0.3, 0.4) is 0 Å². The Bertz CT molecular complexity index is 1100. The van der Waals surface area contributed by atoms with Crippen LogP contribution < -0.4 is 19.5 Å². The summed E-state index contributed by atoms with van der Waals surface area (Å²) in [4.78, 5) is 0. The van der Waals surface area contributed by atoms with Crippen molar-refractivity contribution in [3.8, 4) is 28.5 Å². The minimum Gasteiger partial charge on any atom is -0.493 e. The topological polar surface area (TPSA) is 71.3 Å². The monoisotopic (exact) mass is 391 g/mol. The number of aromatic amines is 2. The number of rotatable bonds is 5. The highest BCUT2D eigenvalue weighted by molar-refractivity contribution is 6.05. The number of methoxy groups -OCH3 is 2. The van der Waals surface area contributed by atoms with Crippen molar-refractivity contribution in [1.82, 2.24) is 10.2 Å². The molecule has 2 aromatic carbocycles. The van der Waals surface area contributed by atoms with Gasteiger partial charge >= 0.3 is 6.36 Å². The molecule has 0 bridgehead atoms. The van der Waals surface area contributed by atoms with Crippen LogP contribution >= 0.6 is 0 Å². The Morgan fingerprint density at radius 2 is 1.61 bits per heavy atom. The van der Waals surface area contributed by atoms with E-state index in [0.717, 1.165) is 22.0 Å². The van der Waals surface area contributed by atoms with E-state index in [1.54, 1.807) is 20.3 Å². The maximum atomic E-state index is 12.6. The average Bonchev–Trinajstić information content (AvgIpc) is 3.20. The van der Waals surface area contributed by atoms with Crippen LogP contribution in [0.15, 0.2) is 42.5 Å². The second kappa shape index (κ2) is 6.59. The summed E-state index contributed by atoms with van der Waals surface area (Å²) >= 11 is 0. The lowest BCUT2D eigenvalue weighted by molar-refractivity contribution is -0.274. The summed E-state index contributed by atoms with van der Waals surface area (Å²) in [7, 11) is 3.10. The second-order valence-electron chi connectivity index (χ2n) is 6.02. The zero-order chi connectivity index (χ0) is 19.9. The highest BCUT2D eigenvalue weighted by Crippen LogP contribution is 2.43. The molecule has 28 heavy (non-hydrogen) atoms. The van der Waals surface area contributed by atoms with Gasteiger partial charge in [0.1, 0.15) is 5.82 Å².